The molecule has 1 N–H and O–H groups in total. The summed E-state index contributed by atoms with van der Waals surface area (Å²) in [6.07, 6.45) is -1.58. The Labute approximate surface area is 182 Å². The monoisotopic (exact) mass is 446 g/mol. The Morgan fingerprint density at radius 3 is 2.50 bits per heavy atom. The molecule has 0 radical (unpaired) electrons. The van der Waals surface area contributed by atoms with Crippen molar-refractivity contribution in [3.05, 3.63) is 59.5 Å². The van der Waals surface area contributed by atoms with Gasteiger partial charge in [0.25, 0.3) is 5.91 Å². The molecular formula is C22H21F3N4O3. The minimum atomic E-state index is -4.48. The van der Waals surface area contributed by atoms with Crippen molar-refractivity contribution in [2.75, 3.05) is 18.5 Å². The molecule has 168 valence electrons. The predicted octanol–water partition coefficient (Wildman–Crippen LogP) is 4.82. The number of hydrogen-bond acceptors (Lipinski definition) is 5. The summed E-state index contributed by atoms with van der Waals surface area (Å²) in [7, 11) is 0. The van der Waals surface area contributed by atoms with Gasteiger partial charge in [-0.15, -0.1) is 0 Å². The Hall–Kier alpha value is -3.56. The molecule has 4 rings (SSSR count). The SMILES string of the molecule is CC(C)c1c(C(=O)Nc2ccc3c(c2)OCCCO3)cnn1-c1ccc(C(F)(F)F)cn1. The Morgan fingerprint density at radius 1 is 1.09 bits per heavy atom. The molecular weight excluding hydrogens is 425 g/mol. The molecule has 10 heteroatoms. The van der Waals surface area contributed by atoms with Crippen LogP contribution in [-0.4, -0.2) is 33.9 Å². The van der Waals surface area contributed by atoms with Crippen LogP contribution >= 0.6 is 0 Å². The van der Waals surface area contributed by atoms with E-state index in [4.69, 9.17) is 9.47 Å². The van der Waals surface area contributed by atoms with E-state index >= 15 is 0 Å². The van der Waals surface area contributed by atoms with Gasteiger partial charge in [-0.1, -0.05) is 13.8 Å². The highest BCUT2D eigenvalue weighted by Crippen LogP contribution is 2.33. The number of aromatic nitrogens is 3. The third-order valence-corrected chi connectivity index (χ3v) is 4.90. The van der Waals surface area contributed by atoms with Crippen LogP contribution in [-0.2, 0) is 6.18 Å². The molecule has 0 spiro atoms. The molecule has 0 unspecified atom stereocenters. The first-order valence-corrected chi connectivity index (χ1v) is 10.1. The standard InChI is InChI=1S/C22H21F3N4O3/c1-13(2)20-16(12-27-29(20)19-7-4-14(11-26-19)22(23,24)25)21(30)28-15-5-6-17-18(10-15)32-9-3-8-31-17/h4-7,10-13H,3,8-9H2,1-2H3,(H,28,30). The number of benzene rings is 1. The largest absolute Gasteiger partial charge is 0.490 e. The van der Waals surface area contributed by atoms with Crippen molar-refractivity contribution < 1.29 is 27.4 Å². The van der Waals surface area contributed by atoms with Crippen LogP contribution in [0.3, 0.4) is 0 Å². The Kier molecular flexibility index (Phi) is 5.77. The highest BCUT2D eigenvalue weighted by atomic mass is 19.4. The van der Waals surface area contributed by atoms with Gasteiger partial charge in [-0.2, -0.15) is 18.3 Å². The van der Waals surface area contributed by atoms with Gasteiger partial charge in [0.05, 0.1) is 36.2 Å². The summed E-state index contributed by atoms with van der Waals surface area (Å²) in [6.45, 7) is 4.81. The molecule has 0 fully saturated rings. The molecule has 3 heterocycles. The lowest BCUT2D eigenvalue weighted by atomic mass is 10.1. The van der Waals surface area contributed by atoms with E-state index in [9.17, 15) is 18.0 Å². The number of halogens is 3. The van der Waals surface area contributed by atoms with Crippen LogP contribution in [0.4, 0.5) is 18.9 Å². The lowest BCUT2D eigenvalue weighted by Gasteiger charge is -2.14. The van der Waals surface area contributed by atoms with Gasteiger partial charge in [0.15, 0.2) is 17.3 Å². The number of pyridine rings is 1. The van der Waals surface area contributed by atoms with Crippen molar-refractivity contribution >= 4 is 11.6 Å². The van der Waals surface area contributed by atoms with Gasteiger partial charge < -0.3 is 14.8 Å². The summed E-state index contributed by atoms with van der Waals surface area (Å²) >= 11 is 0. The second kappa shape index (κ2) is 8.52. The zero-order chi connectivity index (χ0) is 22.9. The molecule has 1 aromatic carbocycles. The van der Waals surface area contributed by atoms with E-state index in [1.54, 1.807) is 18.2 Å². The second-order valence-corrected chi connectivity index (χ2v) is 7.58. The molecule has 0 aliphatic carbocycles. The summed E-state index contributed by atoms with van der Waals surface area (Å²) in [6, 6.07) is 7.30. The first-order chi connectivity index (χ1) is 15.2. The number of nitrogens with zero attached hydrogens (tertiary/aromatic N) is 3. The maximum Gasteiger partial charge on any atom is 0.417 e. The maximum atomic E-state index is 13.0. The molecule has 7 nitrogen and oxygen atoms in total. The third kappa shape index (κ3) is 4.39. The number of carbonyl (C=O) groups excluding carboxylic acids is 1. The second-order valence-electron chi connectivity index (χ2n) is 7.58. The van der Waals surface area contributed by atoms with Crippen molar-refractivity contribution in [2.45, 2.75) is 32.4 Å². The number of anilines is 1. The Balaban J connectivity index is 1.61. The quantitative estimate of drug-likeness (QED) is 0.622. The zero-order valence-corrected chi connectivity index (χ0v) is 17.4. The summed E-state index contributed by atoms with van der Waals surface area (Å²) in [5.41, 5.74) is 0.499. The van der Waals surface area contributed by atoms with E-state index in [1.807, 2.05) is 13.8 Å². The number of nitrogens with one attached hydrogen (secondary N) is 1. The van der Waals surface area contributed by atoms with E-state index in [0.717, 1.165) is 18.7 Å². The normalized spacial score (nSPS) is 13.7. The fourth-order valence-electron chi connectivity index (χ4n) is 3.39. The van der Waals surface area contributed by atoms with Gasteiger partial charge in [-0.25, -0.2) is 9.67 Å². The number of carbonyl (C=O) groups is 1. The average Bonchev–Trinajstić information content (AvgIpc) is 3.07. The van der Waals surface area contributed by atoms with E-state index < -0.39 is 17.6 Å². The van der Waals surface area contributed by atoms with E-state index in [-0.39, 0.29) is 11.7 Å². The molecule has 0 saturated carbocycles. The first kappa shape index (κ1) is 21.7. The van der Waals surface area contributed by atoms with Crippen LogP contribution in [0.5, 0.6) is 11.5 Å². The topological polar surface area (TPSA) is 78.3 Å². The first-order valence-electron chi connectivity index (χ1n) is 10.1. The molecule has 1 amide bonds. The molecule has 1 aliphatic heterocycles. The lowest BCUT2D eigenvalue weighted by Crippen LogP contribution is -2.16. The van der Waals surface area contributed by atoms with Crippen LogP contribution in [0.1, 0.15) is 47.8 Å². The van der Waals surface area contributed by atoms with E-state index in [1.165, 1.54) is 16.9 Å². The van der Waals surface area contributed by atoms with Crippen molar-refractivity contribution in [3.8, 4) is 17.3 Å². The number of ether oxygens (including phenoxy) is 2. The summed E-state index contributed by atoms with van der Waals surface area (Å²) in [5.74, 6) is 0.808. The van der Waals surface area contributed by atoms with Gasteiger partial charge in [0.2, 0.25) is 0 Å². The van der Waals surface area contributed by atoms with Crippen molar-refractivity contribution in [2.24, 2.45) is 0 Å². The fourth-order valence-corrected chi connectivity index (χ4v) is 3.39. The van der Waals surface area contributed by atoms with Gasteiger partial charge in [-0.3, -0.25) is 4.79 Å². The number of fused-ring (bicyclic) bond motifs is 1. The van der Waals surface area contributed by atoms with Gasteiger partial charge in [0.1, 0.15) is 0 Å². The van der Waals surface area contributed by atoms with Crippen molar-refractivity contribution in [1.29, 1.82) is 0 Å². The average molecular weight is 446 g/mol. The van der Waals surface area contributed by atoms with Crippen LogP contribution < -0.4 is 14.8 Å². The van der Waals surface area contributed by atoms with Crippen LogP contribution in [0, 0.1) is 0 Å². The van der Waals surface area contributed by atoms with Gasteiger partial charge in [-0.05, 0) is 30.2 Å². The number of rotatable bonds is 4. The number of alkyl halides is 3. The molecule has 1 aliphatic rings. The molecule has 32 heavy (non-hydrogen) atoms. The predicted molar refractivity (Wildman–Crippen MR) is 110 cm³/mol. The van der Waals surface area contributed by atoms with Crippen molar-refractivity contribution in [1.82, 2.24) is 14.8 Å². The molecule has 0 atom stereocenters. The van der Waals surface area contributed by atoms with Gasteiger partial charge >= 0.3 is 6.18 Å². The summed E-state index contributed by atoms with van der Waals surface area (Å²) < 4.78 is 51.2. The lowest BCUT2D eigenvalue weighted by molar-refractivity contribution is -0.137. The van der Waals surface area contributed by atoms with Crippen molar-refractivity contribution in [3.63, 3.8) is 0 Å². The minimum Gasteiger partial charge on any atom is -0.490 e. The Morgan fingerprint density at radius 2 is 1.84 bits per heavy atom. The van der Waals surface area contributed by atoms with Crippen LogP contribution in [0.2, 0.25) is 0 Å². The number of hydrogen-bond donors (Lipinski definition) is 1. The fraction of sp³-hybridized carbons (Fsp3) is 0.318. The molecule has 2 aromatic heterocycles. The van der Waals surface area contributed by atoms with Gasteiger partial charge in [0, 0.05) is 24.4 Å². The van der Waals surface area contributed by atoms with E-state index in [0.29, 0.717) is 41.7 Å². The maximum absolute atomic E-state index is 13.0. The summed E-state index contributed by atoms with van der Waals surface area (Å²) in [4.78, 5) is 16.9. The summed E-state index contributed by atoms with van der Waals surface area (Å²) in [5, 5.41) is 7.03. The van der Waals surface area contributed by atoms with E-state index in [2.05, 4.69) is 15.4 Å². The zero-order valence-electron chi connectivity index (χ0n) is 17.4. The van der Waals surface area contributed by atoms with Crippen LogP contribution in [0.15, 0.2) is 42.7 Å². The Bertz CT molecular complexity index is 1120. The molecule has 0 saturated heterocycles. The smallest absolute Gasteiger partial charge is 0.417 e. The van der Waals surface area contributed by atoms with Crippen LogP contribution in [0.25, 0.3) is 5.82 Å². The highest BCUT2D eigenvalue weighted by molar-refractivity contribution is 6.05. The molecule has 0 bridgehead atoms. The number of amides is 1. The highest BCUT2D eigenvalue weighted by Gasteiger charge is 2.31. The minimum absolute atomic E-state index is 0.147. The third-order valence-electron chi connectivity index (χ3n) is 4.90. The molecule has 3 aromatic rings.